The van der Waals surface area contributed by atoms with E-state index in [0.717, 1.165) is 41.0 Å². The van der Waals surface area contributed by atoms with Crippen molar-refractivity contribution in [3.63, 3.8) is 0 Å². The van der Waals surface area contributed by atoms with Gasteiger partial charge in [-0.2, -0.15) is 0 Å². The van der Waals surface area contributed by atoms with Crippen molar-refractivity contribution in [2.45, 2.75) is 31.0 Å². The molecule has 210 valence electrons. The maximum absolute atomic E-state index is 14.0. The number of fused-ring (bicyclic) bond motifs is 3. The molecule has 1 N–H and O–H groups in total. The van der Waals surface area contributed by atoms with Gasteiger partial charge < -0.3 is 19.5 Å². The van der Waals surface area contributed by atoms with Crippen molar-refractivity contribution in [1.82, 2.24) is 9.47 Å². The Balaban J connectivity index is 1.40. The summed E-state index contributed by atoms with van der Waals surface area (Å²) in [7, 11) is 2.19. The third-order valence-electron chi connectivity index (χ3n) is 8.93. The van der Waals surface area contributed by atoms with Gasteiger partial charge >= 0.3 is 5.97 Å². The second-order valence-corrected chi connectivity index (χ2v) is 11.4. The summed E-state index contributed by atoms with van der Waals surface area (Å²) in [5, 5.41) is 3.68. The number of nitrogens with zero attached hydrogens (tertiary/aromatic N) is 2. The van der Waals surface area contributed by atoms with Crippen LogP contribution in [-0.2, 0) is 16.9 Å². The SMILES string of the molecule is CN1CCCC1CNc1cc(C(=O)OCc2ccccc2)n(C2(c3ccccc3)c3ccccc3-c3ccccc32)c1. The van der Waals surface area contributed by atoms with Crippen molar-refractivity contribution < 1.29 is 9.53 Å². The van der Waals surface area contributed by atoms with Crippen LogP contribution in [0.3, 0.4) is 0 Å². The number of aromatic nitrogens is 1. The maximum atomic E-state index is 14.0. The van der Waals surface area contributed by atoms with Crippen molar-refractivity contribution in [2.24, 2.45) is 0 Å². The van der Waals surface area contributed by atoms with Crippen LogP contribution in [0.15, 0.2) is 121 Å². The summed E-state index contributed by atoms with van der Waals surface area (Å²) < 4.78 is 8.14. The summed E-state index contributed by atoms with van der Waals surface area (Å²) in [6.07, 6.45) is 4.50. The lowest BCUT2D eigenvalue weighted by Gasteiger charge is -2.36. The summed E-state index contributed by atoms with van der Waals surface area (Å²) in [4.78, 5) is 16.5. The first-order chi connectivity index (χ1) is 20.7. The molecule has 0 spiro atoms. The minimum atomic E-state index is -0.750. The highest BCUT2D eigenvalue weighted by molar-refractivity contribution is 5.91. The molecule has 7 rings (SSSR count). The van der Waals surface area contributed by atoms with Gasteiger partial charge in [-0.15, -0.1) is 0 Å². The standard InChI is InChI=1S/C37H35N3O2/c1-39-22-12-17-30(39)24-38-29-23-35(36(41)42-26-27-13-4-2-5-14-27)40(25-29)37(28-15-6-3-7-16-28)33-20-10-8-18-31(33)32-19-9-11-21-34(32)37/h2-11,13-16,18-21,23,25,30,38H,12,17,22,24,26H2,1H3. The Hall–Kier alpha value is -4.61. The largest absolute Gasteiger partial charge is 0.456 e. The second-order valence-electron chi connectivity index (χ2n) is 11.4. The van der Waals surface area contributed by atoms with E-state index in [1.165, 1.54) is 24.0 Å². The van der Waals surface area contributed by atoms with Crippen LogP contribution < -0.4 is 5.32 Å². The minimum absolute atomic E-state index is 0.214. The van der Waals surface area contributed by atoms with E-state index in [1.54, 1.807) is 0 Å². The van der Waals surface area contributed by atoms with Gasteiger partial charge in [-0.3, -0.25) is 0 Å². The maximum Gasteiger partial charge on any atom is 0.355 e. The van der Waals surface area contributed by atoms with Crippen LogP contribution in [0.4, 0.5) is 5.69 Å². The Bertz CT molecular complexity index is 1660. The van der Waals surface area contributed by atoms with Crippen molar-refractivity contribution in [3.8, 4) is 11.1 Å². The number of benzene rings is 4. The van der Waals surface area contributed by atoms with Gasteiger partial charge in [-0.05, 0) is 65.9 Å². The Morgan fingerprint density at radius 2 is 1.48 bits per heavy atom. The average Bonchev–Trinajstić information content (AvgIpc) is 3.74. The average molecular weight is 554 g/mol. The zero-order valence-electron chi connectivity index (χ0n) is 23.9. The van der Waals surface area contributed by atoms with Gasteiger partial charge in [0.05, 0.1) is 5.69 Å². The number of ether oxygens (including phenoxy) is 1. The molecule has 1 unspecified atom stereocenters. The zero-order valence-corrected chi connectivity index (χ0v) is 23.9. The summed E-state index contributed by atoms with van der Waals surface area (Å²) in [6, 6.07) is 39.9. The smallest absolute Gasteiger partial charge is 0.355 e. The predicted molar refractivity (Wildman–Crippen MR) is 168 cm³/mol. The molecule has 1 aromatic heterocycles. The number of likely N-dealkylation sites (tertiary alicyclic amines) is 1. The number of likely N-dealkylation sites (N-methyl/N-ethyl adjacent to an activating group) is 1. The van der Waals surface area contributed by atoms with Gasteiger partial charge in [0.2, 0.25) is 0 Å². The van der Waals surface area contributed by atoms with Gasteiger partial charge in [0, 0.05) is 18.8 Å². The normalized spacial score (nSPS) is 17.0. The van der Waals surface area contributed by atoms with E-state index < -0.39 is 5.54 Å². The Labute approximate surface area is 247 Å². The zero-order chi connectivity index (χ0) is 28.5. The number of hydrogen-bond donors (Lipinski definition) is 1. The molecule has 1 aliphatic carbocycles. The molecule has 0 radical (unpaired) electrons. The highest BCUT2D eigenvalue weighted by Crippen LogP contribution is 2.54. The number of nitrogens with one attached hydrogen (secondary N) is 1. The summed E-state index contributed by atoms with van der Waals surface area (Å²) in [5.74, 6) is -0.345. The van der Waals surface area contributed by atoms with E-state index in [1.807, 2.05) is 42.5 Å². The van der Waals surface area contributed by atoms with Crippen LogP contribution in [0.5, 0.6) is 0 Å². The molecule has 0 amide bonds. The summed E-state index contributed by atoms with van der Waals surface area (Å²) in [6.45, 7) is 2.16. The van der Waals surface area contributed by atoms with E-state index >= 15 is 0 Å². The lowest BCUT2D eigenvalue weighted by atomic mass is 9.80. The highest BCUT2D eigenvalue weighted by atomic mass is 16.5. The lowest BCUT2D eigenvalue weighted by molar-refractivity contribution is 0.0457. The Kier molecular flexibility index (Phi) is 6.88. The van der Waals surface area contributed by atoms with Crippen molar-refractivity contribution in [2.75, 3.05) is 25.5 Å². The quantitative estimate of drug-likeness (QED) is 0.203. The van der Waals surface area contributed by atoms with E-state index in [9.17, 15) is 4.79 Å². The molecule has 4 aromatic carbocycles. The molecule has 5 aromatic rings. The van der Waals surface area contributed by atoms with Crippen LogP contribution in [0, 0.1) is 0 Å². The fraction of sp³-hybridized carbons (Fsp3) is 0.216. The van der Waals surface area contributed by atoms with Crippen molar-refractivity contribution in [3.05, 3.63) is 149 Å². The fourth-order valence-electron chi connectivity index (χ4n) is 6.87. The van der Waals surface area contributed by atoms with Gasteiger partial charge in [0.15, 0.2) is 0 Å². The topological polar surface area (TPSA) is 46.5 Å². The van der Waals surface area contributed by atoms with Crippen molar-refractivity contribution in [1.29, 1.82) is 0 Å². The molecular formula is C37H35N3O2. The monoisotopic (exact) mass is 553 g/mol. The van der Waals surface area contributed by atoms with Gasteiger partial charge in [0.25, 0.3) is 0 Å². The third kappa shape index (κ3) is 4.41. The van der Waals surface area contributed by atoms with Crippen LogP contribution in [0.25, 0.3) is 11.1 Å². The van der Waals surface area contributed by atoms with Gasteiger partial charge in [-0.25, -0.2) is 4.79 Å². The molecule has 0 bridgehead atoms. The summed E-state index contributed by atoms with van der Waals surface area (Å²) in [5.41, 5.74) is 7.38. The second kappa shape index (κ2) is 11.0. The van der Waals surface area contributed by atoms with Crippen LogP contribution in [0.2, 0.25) is 0 Å². The third-order valence-corrected chi connectivity index (χ3v) is 8.93. The molecule has 42 heavy (non-hydrogen) atoms. The first-order valence-corrected chi connectivity index (χ1v) is 14.8. The lowest BCUT2D eigenvalue weighted by Crippen LogP contribution is -2.37. The molecule has 5 heteroatoms. The van der Waals surface area contributed by atoms with E-state index in [4.69, 9.17) is 4.74 Å². The highest BCUT2D eigenvalue weighted by Gasteiger charge is 2.47. The van der Waals surface area contributed by atoms with E-state index in [-0.39, 0.29) is 12.6 Å². The first kappa shape index (κ1) is 26.3. The molecule has 1 atom stereocenters. The van der Waals surface area contributed by atoms with Crippen LogP contribution in [-0.4, -0.2) is 41.6 Å². The number of carbonyl (C=O) groups excluding carboxylic acids is 1. The summed E-state index contributed by atoms with van der Waals surface area (Å²) >= 11 is 0. The molecule has 1 aliphatic heterocycles. The first-order valence-electron chi connectivity index (χ1n) is 14.8. The van der Waals surface area contributed by atoms with Crippen molar-refractivity contribution >= 4 is 11.7 Å². The predicted octanol–water partition coefficient (Wildman–Crippen LogP) is 7.17. The fourth-order valence-corrected chi connectivity index (χ4v) is 6.87. The molecular weight excluding hydrogens is 518 g/mol. The number of carbonyl (C=O) groups is 1. The number of hydrogen-bond acceptors (Lipinski definition) is 4. The molecule has 1 fully saturated rings. The molecule has 1 saturated heterocycles. The van der Waals surface area contributed by atoms with Crippen LogP contribution in [0.1, 0.15) is 45.6 Å². The Morgan fingerprint density at radius 1 is 0.857 bits per heavy atom. The molecule has 2 heterocycles. The Morgan fingerprint density at radius 3 is 2.12 bits per heavy atom. The number of esters is 1. The van der Waals surface area contributed by atoms with E-state index in [2.05, 4.69) is 101 Å². The van der Waals surface area contributed by atoms with E-state index in [0.29, 0.717) is 11.7 Å². The van der Waals surface area contributed by atoms with Crippen LogP contribution >= 0.6 is 0 Å². The number of anilines is 1. The minimum Gasteiger partial charge on any atom is -0.456 e. The molecule has 2 aliphatic rings. The van der Waals surface area contributed by atoms with Gasteiger partial charge in [0.1, 0.15) is 17.8 Å². The number of rotatable bonds is 8. The van der Waals surface area contributed by atoms with Gasteiger partial charge in [-0.1, -0.05) is 109 Å². The molecule has 5 nitrogen and oxygen atoms in total. The molecule has 0 saturated carbocycles.